The topological polar surface area (TPSA) is 58.4 Å². The van der Waals surface area contributed by atoms with Gasteiger partial charge in [-0.2, -0.15) is 0 Å². The molecule has 0 bridgehead atoms. The molecular formula is C14H27Cl2N3O. The van der Waals surface area contributed by atoms with Gasteiger partial charge in [0.15, 0.2) is 0 Å². The van der Waals surface area contributed by atoms with Crippen LogP contribution in [0.15, 0.2) is 0 Å². The average Bonchev–Trinajstić information content (AvgIpc) is 2.98. The van der Waals surface area contributed by atoms with E-state index in [1.54, 1.807) is 0 Å². The number of amides is 1. The zero-order valence-corrected chi connectivity index (χ0v) is 13.6. The molecule has 3 N–H and O–H groups in total. The molecule has 3 rings (SSSR count). The summed E-state index contributed by atoms with van der Waals surface area (Å²) in [7, 11) is 0. The van der Waals surface area contributed by atoms with E-state index in [2.05, 4.69) is 10.2 Å². The third kappa shape index (κ3) is 3.41. The lowest BCUT2D eigenvalue weighted by atomic mass is 9.95. The van der Waals surface area contributed by atoms with Crippen molar-refractivity contribution >= 4 is 30.7 Å². The lowest BCUT2D eigenvalue weighted by molar-refractivity contribution is -0.127. The SMILES string of the molecule is Cl.Cl.NC1(C(=O)NC2CCN3CCCCC23)CCCC1. The predicted molar refractivity (Wildman–Crippen MR) is 85.6 cm³/mol. The Hall–Kier alpha value is -0.0300. The van der Waals surface area contributed by atoms with Crippen LogP contribution in [-0.4, -0.2) is 41.5 Å². The van der Waals surface area contributed by atoms with Crippen molar-refractivity contribution in [2.45, 2.75) is 69.0 Å². The lowest BCUT2D eigenvalue weighted by Crippen LogP contribution is -2.57. The molecule has 0 aromatic heterocycles. The Balaban J connectivity index is 0.000001000. The summed E-state index contributed by atoms with van der Waals surface area (Å²) in [5, 5.41) is 3.25. The highest BCUT2D eigenvalue weighted by atomic mass is 35.5. The minimum Gasteiger partial charge on any atom is -0.350 e. The number of nitrogens with zero attached hydrogens (tertiary/aromatic N) is 1. The van der Waals surface area contributed by atoms with Gasteiger partial charge in [-0.15, -0.1) is 24.8 Å². The molecule has 2 unspecified atom stereocenters. The van der Waals surface area contributed by atoms with Gasteiger partial charge in [-0.3, -0.25) is 9.69 Å². The van der Waals surface area contributed by atoms with Crippen LogP contribution in [0.2, 0.25) is 0 Å². The third-order valence-electron chi connectivity index (χ3n) is 5.12. The summed E-state index contributed by atoms with van der Waals surface area (Å²) < 4.78 is 0. The Morgan fingerprint density at radius 2 is 1.75 bits per heavy atom. The van der Waals surface area contributed by atoms with Gasteiger partial charge in [0.2, 0.25) is 5.91 Å². The van der Waals surface area contributed by atoms with Crippen molar-refractivity contribution in [3.8, 4) is 0 Å². The molecule has 2 saturated heterocycles. The predicted octanol–water partition coefficient (Wildman–Crippen LogP) is 1.84. The maximum atomic E-state index is 12.3. The fraction of sp³-hybridized carbons (Fsp3) is 0.929. The maximum Gasteiger partial charge on any atom is 0.240 e. The van der Waals surface area contributed by atoms with Crippen LogP contribution in [0.5, 0.6) is 0 Å². The number of nitrogens with one attached hydrogen (secondary N) is 1. The Kier molecular flexibility index (Phi) is 6.58. The van der Waals surface area contributed by atoms with Crippen molar-refractivity contribution in [3.63, 3.8) is 0 Å². The minimum absolute atomic E-state index is 0. The van der Waals surface area contributed by atoms with Crippen molar-refractivity contribution in [1.29, 1.82) is 0 Å². The van der Waals surface area contributed by atoms with Crippen LogP contribution in [-0.2, 0) is 4.79 Å². The zero-order valence-electron chi connectivity index (χ0n) is 12.0. The molecule has 2 atom stereocenters. The van der Waals surface area contributed by atoms with Gasteiger partial charge in [0, 0.05) is 18.6 Å². The van der Waals surface area contributed by atoms with Crippen LogP contribution in [0, 0.1) is 0 Å². The van der Waals surface area contributed by atoms with E-state index in [9.17, 15) is 4.79 Å². The number of fused-ring (bicyclic) bond motifs is 1. The first-order chi connectivity index (χ1) is 8.69. The monoisotopic (exact) mass is 323 g/mol. The second-order valence-corrected chi connectivity index (χ2v) is 6.33. The van der Waals surface area contributed by atoms with Crippen LogP contribution < -0.4 is 11.1 Å². The second-order valence-electron chi connectivity index (χ2n) is 6.33. The van der Waals surface area contributed by atoms with Gasteiger partial charge < -0.3 is 11.1 Å². The molecular weight excluding hydrogens is 297 g/mol. The van der Waals surface area contributed by atoms with Gasteiger partial charge in [-0.1, -0.05) is 19.3 Å². The van der Waals surface area contributed by atoms with E-state index in [1.807, 2.05) is 0 Å². The number of rotatable bonds is 2. The molecule has 118 valence electrons. The summed E-state index contributed by atoms with van der Waals surface area (Å²) in [4.78, 5) is 14.9. The number of carbonyl (C=O) groups excluding carboxylic acids is 1. The Labute approximate surface area is 134 Å². The summed E-state index contributed by atoms with van der Waals surface area (Å²) in [5.41, 5.74) is 5.66. The fourth-order valence-electron chi connectivity index (χ4n) is 3.96. The summed E-state index contributed by atoms with van der Waals surface area (Å²) in [6.45, 7) is 2.36. The lowest BCUT2D eigenvalue weighted by Gasteiger charge is -2.34. The molecule has 1 amide bonds. The van der Waals surface area contributed by atoms with Gasteiger partial charge in [-0.25, -0.2) is 0 Å². The molecule has 1 saturated carbocycles. The smallest absolute Gasteiger partial charge is 0.240 e. The first kappa shape index (κ1) is 18.0. The molecule has 0 spiro atoms. The number of nitrogens with two attached hydrogens (primary N) is 1. The normalized spacial score (nSPS) is 31.9. The average molecular weight is 324 g/mol. The summed E-state index contributed by atoms with van der Waals surface area (Å²) in [6.07, 6.45) is 8.89. The van der Waals surface area contributed by atoms with Gasteiger partial charge in [-0.05, 0) is 38.6 Å². The Morgan fingerprint density at radius 3 is 2.45 bits per heavy atom. The van der Waals surface area contributed by atoms with E-state index in [0.29, 0.717) is 12.1 Å². The van der Waals surface area contributed by atoms with E-state index in [-0.39, 0.29) is 30.7 Å². The largest absolute Gasteiger partial charge is 0.350 e. The third-order valence-corrected chi connectivity index (χ3v) is 5.12. The zero-order chi connectivity index (χ0) is 12.6. The molecule has 6 heteroatoms. The van der Waals surface area contributed by atoms with Crippen LogP contribution in [0.1, 0.15) is 51.4 Å². The number of piperidine rings is 1. The highest BCUT2D eigenvalue weighted by Gasteiger charge is 2.41. The van der Waals surface area contributed by atoms with Crippen LogP contribution in [0.4, 0.5) is 0 Å². The Bertz CT molecular complexity index is 334. The highest BCUT2D eigenvalue weighted by molar-refractivity contribution is 5.86. The maximum absolute atomic E-state index is 12.3. The van der Waals surface area contributed by atoms with Gasteiger partial charge >= 0.3 is 0 Å². The van der Waals surface area contributed by atoms with Crippen LogP contribution in [0.25, 0.3) is 0 Å². The van der Waals surface area contributed by atoms with E-state index < -0.39 is 5.54 Å². The van der Waals surface area contributed by atoms with E-state index >= 15 is 0 Å². The van der Waals surface area contributed by atoms with Crippen molar-refractivity contribution in [3.05, 3.63) is 0 Å². The van der Waals surface area contributed by atoms with Crippen LogP contribution >= 0.6 is 24.8 Å². The first-order valence-electron chi connectivity index (χ1n) is 7.53. The van der Waals surface area contributed by atoms with Gasteiger partial charge in [0.1, 0.15) is 0 Å². The Morgan fingerprint density at radius 1 is 1.05 bits per heavy atom. The second kappa shape index (κ2) is 7.30. The van der Waals surface area contributed by atoms with E-state index in [0.717, 1.165) is 38.6 Å². The van der Waals surface area contributed by atoms with E-state index in [1.165, 1.54) is 25.8 Å². The number of carbonyl (C=O) groups is 1. The number of hydrogen-bond acceptors (Lipinski definition) is 3. The molecule has 2 heterocycles. The number of hydrogen-bond donors (Lipinski definition) is 2. The minimum atomic E-state index is -0.567. The molecule has 4 nitrogen and oxygen atoms in total. The highest BCUT2D eigenvalue weighted by Crippen LogP contribution is 2.30. The van der Waals surface area contributed by atoms with Crippen molar-refractivity contribution in [2.75, 3.05) is 13.1 Å². The summed E-state index contributed by atoms with van der Waals surface area (Å²) in [5.74, 6) is 0.109. The van der Waals surface area contributed by atoms with Crippen molar-refractivity contribution in [1.82, 2.24) is 10.2 Å². The molecule has 1 aliphatic carbocycles. The standard InChI is InChI=1S/C14H25N3O.2ClH/c15-14(7-2-3-8-14)13(18)16-11-6-10-17-9-4-1-5-12(11)17;;/h11-12H,1-10,15H2,(H,16,18);2*1H. The fourth-order valence-corrected chi connectivity index (χ4v) is 3.96. The molecule has 2 aliphatic heterocycles. The van der Waals surface area contributed by atoms with Gasteiger partial charge in [0.05, 0.1) is 5.54 Å². The molecule has 0 aromatic carbocycles. The molecule has 3 aliphatic rings. The van der Waals surface area contributed by atoms with Crippen molar-refractivity contribution in [2.24, 2.45) is 5.73 Å². The quantitative estimate of drug-likeness (QED) is 0.815. The summed E-state index contributed by atoms with van der Waals surface area (Å²) >= 11 is 0. The summed E-state index contributed by atoms with van der Waals surface area (Å²) in [6, 6.07) is 0.923. The van der Waals surface area contributed by atoms with E-state index in [4.69, 9.17) is 5.73 Å². The van der Waals surface area contributed by atoms with Crippen LogP contribution in [0.3, 0.4) is 0 Å². The molecule has 0 radical (unpaired) electrons. The van der Waals surface area contributed by atoms with Gasteiger partial charge in [0.25, 0.3) is 0 Å². The molecule has 0 aromatic rings. The first-order valence-corrected chi connectivity index (χ1v) is 7.53. The van der Waals surface area contributed by atoms with Crippen molar-refractivity contribution < 1.29 is 4.79 Å². The number of halogens is 2. The molecule has 20 heavy (non-hydrogen) atoms. The molecule has 3 fully saturated rings.